The van der Waals surface area contributed by atoms with Gasteiger partial charge >= 0.3 is 0 Å². The number of hydrogen-bond acceptors (Lipinski definition) is 6. The van der Waals surface area contributed by atoms with Crippen LogP contribution in [0.2, 0.25) is 0 Å². The van der Waals surface area contributed by atoms with E-state index in [0.29, 0.717) is 13.0 Å². The van der Waals surface area contributed by atoms with Crippen molar-refractivity contribution in [1.29, 1.82) is 0 Å². The predicted molar refractivity (Wildman–Crippen MR) is 103 cm³/mol. The number of hydrogen-bond donors (Lipinski definition) is 2. The van der Waals surface area contributed by atoms with E-state index < -0.39 is 17.6 Å². The minimum atomic E-state index is -0.748. The number of nitrogens with one attached hydrogen (secondary N) is 1. The zero-order chi connectivity index (χ0) is 20.5. The summed E-state index contributed by atoms with van der Waals surface area (Å²) in [4.78, 5) is 40.0. The Kier molecular flexibility index (Phi) is 5.08. The third kappa shape index (κ3) is 3.39. The molecule has 0 saturated carbocycles. The summed E-state index contributed by atoms with van der Waals surface area (Å²) in [7, 11) is 0. The zero-order valence-corrected chi connectivity index (χ0v) is 16.0. The Morgan fingerprint density at radius 2 is 2.07 bits per heavy atom. The molecule has 3 N–H and O–H groups in total. The third-order valence-electron chi connectivity index (χ3n) is 5.26. The number of rotatable bonds is 4. The SMILES string of the molecule is C[C@@H]1CCO[C@H]2Cn3cc(C(=O)NN)c(=O)c(OCc4ccccc4)c3C(=O)N12. The van der Waals surface area contributed by atoms with Gasteiger partial charge in [0, 0.05) is 12.2 Å². The molecule has 2 aromatic rings. The number of aromatic nitrogens is 1. The average Bonchev–Trinajstić information content (AvgIpc) is 2.73. The summed E-state index contributed by atoms with van der Waals surface area (Å²) in [6, 6.07) is 9.23. The van der Waals surface area contributed by atoms with Crippen LogP contribution in [-0.4, -0.2) is 40.2 Å². The molecule has 1 fully saturated rings. The molecule has 4 rings (SSSR count). The van der Waals surface area contributed by atoms with Crippen molar-refractivity contribution in [3.63, 3.8) is 0 Å². The minimum absolute atomic E-state index is 0.0286. The number of fused-ring (bicyclic) bond motifs is 2. The summed E-state index contributed by atoms with van der Waals surface area (Å²) in [5.74, 6) is 3.97. The minimum Gasteiger partial charge on any atom is -0.483 e. The molecule has 152 valence electrons. The average molecular weight is 398 g/mol. The van der Waals surface area contributed by atoms with E-state index in [2.05, 4.69) is 0 Å². The van der Waals surface area contributed by atoms with Crippen molar-refractivity contribution in [3.8, 4) is 5.75 Å². The molecule has 3 heterocycles. The van der Waals surface area contributed by atoms with E-state index in [0.717, 1.165) is 5.56 Å². The lowest BCUT2D eigenvalue weighted by Crippen LogP contribution is -2.57. The van der Waals surface area contributed by atoms with Crippen molar-refractivity contribution in [2.24, 2.45) is 5.84 Å². The molecule has 2 amide bonds. The van der Waals surface area contributed by atoms with Crippen molar-refractivity contribution in [3.05, 3.63) is 63.6 Å². The fraction of sp³-hybridized carbons (Fsp3) is 0.350. The van der Waals surface area contributed by atoms with E-state index in [1.165, 1.54) is 6.20 Å². The van der Waals surface area contributed by atoms with Gasteiger partial charge in [0.05, 0.1) is 13.2 Å². The molecular formula is C20H22N4O5. The molecule has 1 aromatic heterocycles. The number of carbonyl (C=O) groups excluding carboxylic acids is 2. The van der Waals surface area contributed by atoms with Gasteiger partial charge in [0.1, 0.15) is 12.2 Å². The van der Waals surface area contributed by atoms with Gasteiger partial charge in [-0.15, -0.1) is 0 Å². The van der Waals surface area contributed by atoms with Crippen LogP contribution in [0.1, 0.15) is 39.8 Å². The lowest BCUT2D eigenvalue weighted by Gasteiger charge is -2.44. The lowest BCUT2D eigenvalue weighted by atomic mass is 10.1. The monoisotopic (exact) mass is 398 g/mol. The van der Waals surface area contributed by atoms with Gasteiger partial charge in [-0.3, -0.25) is 19.8 Å². The van der Waals surface area contributed by atoms with Gasteiger partial charge in [0.15, 0.2) is 17.7 Å². The molecule has 2 aliphatic rings. The summed E-state index contributed by atoms with van der Waals surface area (Å²) in [6.45, 7) is 2.86. The van der Waals surface area contributed by atoms with Crippen LogP contribution in [-0.2, 0) is 17.9 Å². The topological polar surface area (TPSA) is 116 Å². The molecule has 0 radical (unpaired) electrons. The molecule has 0 spiro atoms. The molecular weight excluding hydrogens is 376 g/mol. The summed E-state index contributed by atoms with van der Waals surface area (Å²) in [5.41, 5.74) is 2.05. The number of nitrogens with two attached hydrogens (primary N) is 1. The van der Waals surface area contributed by atoms with Crippen LogP contribution in [0, 0.1) is 0 Å². The van der Waals surface area contributed by atoms with Gasteiger partial charge in [0.25, 0.3) is 11.8 Å². The molecule has 9 nitrogen and oxygen atoms in total. The van der Waals surface area contributed by atoms with Crippen molar-refractivity contribution >= 4 is 11.8 Å². The highest BCUT2D eigenvalue weighted by molar-refractivity contribution is 5.99. The van der Waals surface area contributed by atoms with Crippen LogP contribution in [0.4, 0.5) is 0 Å². The summed E-state index contributed by atoms with van der Waals surface area (Å²) in [6.07, 6.45) is 1.59. The second-order valence-corrected chi connectivity index (χ2v) is 7.13. The first-order chi connectivity index (χ1) is 14.0. The second kappa shape index (κ2) is 7.69. The Labute approximate surface area is 167 Å². The second-order valence-electron chi connectivity index (χ2n) is 7.13. The van der Waals surface area contributed by atoms with E-state index in [4.69, 9.17) is 15.3 Å². The first-order valence-corrected chi connectivity index (χ1v) is 9.40. The molecule has 0 unspecified atom stereocenters. The largest absolute Gasteiger partial charge is 0.483 e. The fourth-order valence-corrected chi connectivity index (χ4v) is 3.75. The maximum atomic E-state index is 13.3. The Hall–Kier alpha value is -3.17. The third-order valence-corrected chi connectivity index (χ3v) is 5.26. The van der Waals surface area contributed by atoms with Crippen LogP contribution in [0.5, 0.6) is 5.75 Å². The van der Waals surface area contributed by atoms with Crippen molar-refractivity contribution in [2.45, 2.75) is 38.8 Å². The van der Waals surface area contributed by atoms with E-state index >= 15 is 0 Å². The van der Waals surface area contributed by atoms with E-state index in [1.54, 1.807) is 9.47 Å². The maximum absolute atomic E-state index is 13.3. The maximum Gasteiger partial charge on any atom is 0.276 e. The van der Waals surface area contributed by atoms with Crippen molar-refractivity contribution < 1.29 is 19.1 Å². The van der Waals surface area contributed by atoms with Crippen LogP contribution < -0.4 is 21.4 Å². The molecule has 0 aliphatic carbocycles. The van der Waals surface area contributed by atoms with Crippen molar-refractivity contribution in [1.82, 2.24) is 14.9 Å². The molecule has 2 aliphatic heterocycles. The number of pyridine rings is 1. The Balaban J connectivity index is 1.81. The number of nitrogens with zero attached hydrogens (tertiary/aromatic N) is 2. The quantitative estimate of drug-likeness (QED) is 0.443. The standard InChI is InChI=1S/C20H22N4O5/c1-12-7-8-28-15-10-23-9-14(19(26)22-21)17(25)18(16(23)20(27)24(12)15)29-11-13-5-3-2-4-6-13/h2-6,9,12,15H,7-8,10-11,21H2,1H3,(H,22,26)/t12-,15+/m1/s1. The van der Waals surface area contributed by atoms with Gasteiger partial charge in [-0.1, -0.05) is 30.3 Å². The van der Waals surface area contributed by atoms with E-state index in [9.17, 15) is 14.4 Å². The molecule has 0 bridgehead atoms. The zero-order valence-electron chi connectivity index (χ0n) is 16.0. The Morgan fingerprint density at radius 1 is 1.31 bits per heavy atom. The highest BCUT2D eigenvalue weighted by Crippen LogP contribution is 2.30. The first-order valence-electron chi connectivity index (χ1n) is 9.40. The molecule has 29 heavy (non-hydrogen) atoms. The number of ether oxygens (including phenoxy) is 2. The van der Waals surface area contributed by atoms with Gasteiger partial charge in [-0.2, -0.15) is 0 Å². The van der Waals surface area contributed by atoms with E-state index in [-0.39, 0.29) is 42.1 Å². The van der Waals surface area contributed by atoms with Crippen LogP contribution in [0.3, 0.4) is 0 Å². The Morgan fingerprint density at radius 3 is 2.79 bits per heavy atom. The van der Waals surface area contributed by atoms with Gasteiger partial charge < -0.3 is 18.9 Å². The molecule has 9 heteroatoms. The number of carbonyl (C=O) groups is 2. The van der Waals surface area contributed by atoms with Crippen molar-refractivity contribution in [2.75, 3.05) is 6.61 Å². The number of hydrazine groups is 1. The number of benzene rings is 1. The molecule has 1 aromatic carbocycles. The van der Waals surface area contributed by atoms with Crippen LogP contribution in [0.25, 0.3) is 0 Å². The van der Waals surface area contributed by atoms with E-state index in [1.807, 2.05) is 42.7 Å². The van der Waals surface area contributed by atoms with Crippen LogP contribution >= 0.6 is 0 Å². The number of nitrogen functional groups attached to an aromatic ring is 1. The normalized spacial score (nSPS) is 20.6. The predicted octanol–water partition coefficient (Wildman–Crippen LogP) is 0.622. The van der Waals surface area contributed by atoms with Gasteiger partial charge in [0.2, 0.25) is 5.43 Å². The van der Waals surface area contributed by atoms with Gasteiger partial charge in [-0.25, -0.2) is 5.84 Å². The molecule has 1 saturated heterocycles. The fourth-order valence-electron chi connectivity index (χ4n) is 3.75. The summed E-state index contributed by atoms with van der Waals surface area (Å²) in [5, 5.41) is 0. The summed E-state index contributed by atoms with van der Waals surface area (Å²) < 4.78 is 13.1. The van der Waals surface area contributed by atoms with Crippen LogP contribution in [0.15, 0.2) is 41.3 Å². The lowest BCUT2D eigenvalue weighted by molar-refractivity contribution is -0.112. The smallest absolute Gasteiger partial charge is 0.276 e. The highest BCUT2D eigenvalue weighted by atomic mass is 16.5. The number of amides is 2. The summed E-state index contributed by atoms with van der Waals surface area (Å²) >= 11 is 0. The van der Waals surface area contributed by atoms with Gasteiger partial charge in [-0.05, 0) is 18.9 Å². The highest BCUT2D eigenvalue weighted by Gasteiger charge is 2.41. The first kappa shape index (κ1) is 19.2. The molecule has 2 atom stereocenters. The Bertz CT molecular complexity index is 1000.